The van der Waals surface area contributed by atoms with E-state index in [1.54, 1.807) is 6.92 Å². The van der Waals surface area contributed by atoms with Crippen LogP contribution >= 0.6 is 0 Å². The number of amides is 2. The number of ether oxygens (including phenoxy) is 1. The zero-order valence-electron chi connectivity index (χ0n) is 17.4. The number of nitro benzene ring substituents is 1. The van der Waals surface area contributed by atoms with Gasteiger partial charge in [0, 0.05) is 37.5 Å². The number of anilines is 2. The largest absolute Gasteiger partial charge is 0.378 e. The van der Waals surface area contributed by atoms with Crippen molar-refractivity contribution in [2.45, 2.75) is 19.8 Å². The minimum absolute atomic E-state index is 0.152. The number of carbonyl (C=O) groups excluding carboxylic acids is 2. The fourth-order valence-corrected chi connectivity index (χ4v) is 3.31. The Labute approximate surface area is 180 Å². The van der Waals surface area contributed by atoms with Crippen LogP contribution in [-0.4, -0.2) is 49.6 Å². The summed E-state index contributed by atoms with van der Waals surface area (Å²) < 4.78 is 5.37. The smallest absolute Gasteiger partial charge is 0.313 e. The fourth-order valence-electron chi connectivity index (χ4n) is 3.31. The predicted octanol–water partition coefficient (Wildman–Crippen LogP) is 2.43. The molecule has 1 aliphatic heterocycles. The molecule has 0 aromatic heterocycles. The fraction of sp³-hybridized carbons (Fsp3) is 0.364. The Balaban J connectivity index is 1.42. The van der Waals surface area contributed by atoms with Gasteiger partial charge in [-0.15, -0.1) is 0 Å². The summed E-state index contributed by atoms with van der Waals surface area (Å²) in [7, 11) is 0. The number of nitrogens with zero attached hydrogens (tertiary/aromatic N) is 2. The average molecular weight is 426 g/mol. The van der Waals surface area contributed by atoms with Crippen LogP contribution in [0, 0.1) is 17.0 Å². The van der Waals surface area contributed by atoms with Crippen LogP contribution in [0.15, 0.2) is 42.5 Å². The third-order valence-corrected chi connectivity index (χ3v) is 5.13. The number of carbonyl (C=O) groups is 2. The quantitative estimate of drug-likeness (QED) is 0.304. The van der Waals surface area contributed by atoms with Crippen LogP contribution in [0.3, 0.4) is 0 Å². The Morgan fingerprint density at radius 2 is 1.81 bits per heavy atom. The number of hydrogen-bond acceptors (Lipinski definition) is 6. The molecule has 9 heteroatoms. The van der Waals surface area contributed by atoms with Gasteiger partial charge in [-0.2, -0.15) is 0 Å². The Morgan fingerprint density at radius 3 is 2.48 bits per heavy atom. The Hall–Kier alpha value is -3.46. The van der Waals surface area contributed by atoms with Gasteiger partial charge in [0.25, 0.3) is 5.69 Å². The summed E-state index contributed by atoms with van der Waals surface area (Å²) in [6.07, 6.45) is 1.46. The van der Waals surface area contributed by atoms with Crippen molar-refractivity contribution in [2.75, 3.05) is 43.1 Å². The SMILES string of the molecule is Cc1ccc([N+](=O)[O-])cc1NC(=O)C(=O)NCCCc1ccc(N2CCOCC2)cc1. The highest BCUT2D eigenvalue weighted by atomic mass is 16.6. The summed E-state index contributed by atoms with van der Waals surface area (Å²) >= 11 is 0. The maximum Gasteiger partial charge on any atom is 0.313 e. The molecule has 0 saturated carbocycles. The average Bonchev–Trinajstić information content (AvgIpc) is 2.78. The number of rotatable bonds is 7. The molecule has 2 N–H and O–H groups in total. The molecule has 2 aromatic rings. The standard InChI is InChI=1S/C22H26N4O5/c1-16-4-7-19(26(29)30)15-20(16)24-22(28)21(27)23-10-2-3-17-5-8-18(9-6-17)25-11-13-31-14-12-25/h4-9,15H,2-3,10-14H2,1H3,(H,23,27)(H,24,28). The molecule has 3 rings (SSSR count). The maximum atomic E-state index is 12.1. The number of non-ortho nitro benzene ring substituents is 1. The summed E-state index contributed by atoms with van der Waals surface area (Å²) in [5, 5.41) is 15.9. The van der Waals surface area contributed by atoms with Crippen molar-refractivity contribution in [3.63, 3.8) is 0 Å². The lowest BCUT2D eigenvalue weighted by Crippen LogP contribution is -2.36. The van der Waals surface area contributed by atoms with E-state index in [1.807, 2.05) is 0 Å². The van der Waals surface area contributed by atoms with Crippen LogP contribution in [-0.2, 0) is 20.7 Å². The van der Waals surface area contributed by atoms with Gasteiger partial charge in [-0.05, 0) is 43.0 Å². The van der Waals surface area contributed by atoms with E-state index in [9.17, 15) is 19.7 Å². The molecule has 0 unspecified atom stereocenters. The summed E-state index contributed by atoms with van der Waals surface area (Å²) in [6.45, 7) is 5.32. The molecule has 1 fully saturated rings. The van der Waals surface area contributed by atoms with Crippen molar-refractivity contribution in [1.29, 1.82) is 0 Å². The maximum absolute atomic E-state index is 12.1. The van der Waals surface area contributed by atoms with Crippen molar-refractivity contribution < 1.29 is 19.2 Å². The molecular formula is C22H26N4O5. The first-order valence-corrected chi connectivity index (χ1v) is 10.2. The van der Waals surface area contributed by atoms with Crippen molar-refractivity contribution in [3.05, 3.63) is 63.7 Å². The Morgan fingerprint density at radius 1 is 1.10 bits per heavy atom. The Kier molecular flexibility index (Phi) is 7.55. The van der Waals surface area contributed by atoms with Gasteiger partial charge in [-0.1, -0.05) is 18.2 Å². The predicted molar refractivity (Wildman–Crippen MR) is 117 cm³/mol. The van der Waals surface area contributed by atoms with E-state index in [0.717, 1.165) is 38.3 Å². The van der Waals surface area contributed by atoms with Crippen LogP contribution < -0.4 is 15.5 Å². The zero-order chi connectivity index (χ0) is 22.2. The first-order valence-electron chi connectivity index (χ1n) is 10.2. The zero-order valence-corrected chi connectivity index (χ0v) is 17.4. The molecule has 1 saturated heterocycles. The number of aryl methyl sites for hydroxylation is 2. The lowest BCUT2D eigenvalue weighted by molar-refractivity contribution is -0.384. The van der Waals surface area contributed by atoms with Gasteiger partial charge in [0.1, 0.15) is 0 Å². The third kappa shape index (κ3) is 6.26. The second-order valence-corrected chi connectivity index (χ2v) is 7.34. The third-order valence-electron chi connectivity index (χ3n) is 5.13. The van der Waals surface area contributed by atoms with Gasteiger partial charge >= 0.3 is 11.8 Å². The highest BCUT2D eigenvalue weighted by Crippen LogP contribution is 2.21. The molecule has 9 nitrogen and oxygen atoms in total. The molecule has 31 heavy (non-hydrogen) atoms. The molecule has 2 amide bonds. The van der Waals surface area contributed by atoms with Crippen LogP contribution in [0.5, 0.6) is 0 Å². The number of hydrogen-bond donors (Lipinski definition) is 2. The summed E-state index contributed by atoms with van der Waals surface area (Å²) in [5.41, 5.74) is 3.05. The van der Waals surface area contributed by atoms with E-state index in [2.05, 4.69) is 39.8 Å². The molecule has 164 valence electrons. The van der Waals surface area contributed by atoms with E-state index in [4.69, 9.17) is 4.74 Å². The first kappa shape index (κ1) is 22.2. The van der Waals surface area contributed by atoms with Gasteiger partial charge in [0.2, 0.25) is 0 Å². The molecule has 0 atom stereocenters. The van der Waals surface area contributed by atoms with Gasteiger partial charge < -0.3 is 20.3 Å². The van der Waals surface area contributed by atoms with Gasteiger partial charge in [-0.3, -0.25) is 19.7 Å². The minimum atomic E-state index is -0.849. The van der Waals surface area contributed by atoms with Crippen LogP contribution in [0.25, 0.3) is 0 Å². The van der Waals surface area contributed by atoms with Gasteiger partial charge in [-0.25, -0.2) is 0 Å². The second-order valence-electron chi connectivity index (χ2n) is 7.34. The summed E-state index contributed by atoms with van der Waals surface area (Å²) in [5.74, 6) is -1.62. The van der Waals surface area contributed by atoms with Crippen molar-refractivity contribution in [2.24, 2.45) is 0 Å². The molecule has 0 spiro atoms. The van der Waals surface area contributed by atoms with Crippen molar-refractivity contribution in [3.8, 4) is 0 Å². The van der Waals surface area contributed by atoms with E-state index in [1.165, 1.54) is 23.9 Å². The number of nitro groups is 1. The highest BCUT2D eigenvalue weighted by Gasteiger charge is 2.16. The monoisotopic (exact) mass is 426 g/mol. The normalized spacial score (nSPS) is 13.5. The van der Waals surface area contributed by atoms with E-state index < -0.39 is 16.7 Å². The topological polar surface area (TPSA) is 114 Å². The number of benzene rings is 2. The van der Waals surface area contributed by atoms with Crippen LogP contribution in [0.4, 0.5) is 17.1 Å². The molecule has 1 aliphatic rings. The molecule has 0 radical (unpaired) electrons. The van der Waals surface area contributed by atoms with Crippen molar-refractivity contribution >= 4 is 28.9 Å². The summed E-state index contributed by atoms with van der Waals surface area (Å²) in [6, 6.07) is 12.4. The van der Waals surface area contributed by atoms with E-state index in [-0.39, 0.29) is 11.4 Å². The summed E-state index contributed by atoms with van der Waals surface area (Å²) in [4.78, 5) is 36.7. The molecule has 0 bridgehead atoms. The first-order chi connectivity index (χ1) is 14.9. The molecule has 1 heterocycles. The number of morpholine rings is 1. The van der Waals surface area contributed by atoms with E-state index >= 15 is 0 Å². The second kappa shape index (κ2) is 10.5. The van der Waals surface area contributed by atoms with E-state index in [0.29, 0.717) is 18.5 Å². The lowest BCUT2D eigenvalue weighted by Gasteiger charge is -2.28. The highest BCUT2D eigenvalue weighted by molar-refractivity contribution is 6.39. The van der Waals surface area contributed by atoms with Gasteiger partial charge in [0.05, 0.1) is 23.8 Å². The van der Waals surface area contributed by atoms with Crippen molar-refractivity contribution in [1.82, 2.24) is 5.32 Å². The molecule has 0 aliphatic carbocycles. The lowest BCUT2D eigenvalue weighted by atomic mass is 10.1. The molecule has 2 aromatic carbocycles. The molecular weight excluding hydrogens is 400 g/mol. The van der Waals surface area contributed by atoms with Gasteiger partial charge in [0.15, 0.2) is 0 Å². The van der Waals surface area contributed by atoms with Crippen LogP contribution in [0.2, 0.25) is 0 Å². The van der Waals surface area contributed by atoms with Crippen LogP contribution in [0.1, 0.15) is 17.5 Å². The Bertz CT molecular complexity index is 939. The number of nitrogens with one attached hydrogen (secondary N) is 2. The minimum Gasteiger partial charge on any atom is -0.378 e.